The quantitative estimate of drug-likeness (QED) is 0.859. The standard InChI is InChI=1S/C15H20BrNO2/c1-12(11-17-9-5-2-6-10-17)19-15(18)13-7-3-4-8-14(13)16/h3-4,7-8,12H,2,5-6,9-11H2,1H3/p+1. The van der Waals surface area contributed by atoms with Crippen LogP contribution in [0.4, 0.5) is 0 Å². The van der Waals surface area contributed by atoms with Crippen molar-refractivity contribution in [3.05, 3.63) is 34.3 Å². The Balaban J connectivity index is 1.86. The van der Waals surface area contributed by atoms with E-state index in [2.05, 4.69) is 15.9 Å². The zero-order valence-corrected chi connectivity index (χ0v) is 12.9. The first-order chi connectivity index (χ1) is 9.16. The van der Waals surface area contributed by atoms with Crippen LogP contribution in [-0.2, 0) is 4.74 Å². The number of rotatable bonds is 4. The first-order valence-corrected chi connectivity index (χ1v) is 7.75. The normalized spacial score (nSPS) is 18.0. The van der Waals surface area contributed by atoms with Gasteiger partial charge in [-0.05, 0) is 54.2 Å². The Morgan fingerprint density at radius 1 is 1.32 bits per heavy atom. The Hall–Kier alpha value is -0.870. The predicted molar refractivity (Wildman–Crippen MR) is 78.4 cm³/mol. The molecule has 1 fully saturated rings. The van der Waals surface area contributed by atoms with Crippen molar-refractivity contribution < 1.29 is 14.4 Å². The second-order valence-electron chi connectivity index (χ2n) is 5.21. The van der Waals surface area contributed by atoms with Gasteiger partial charge in [-0.3, -0.25) is 0 Å². The lowest BCUT2D eigenvalue weighted by molar-refractivity contribution is -0.907. The maximum atomic E-state index is 12.1. The van der Waals surface area contributed by atoms with Crippen molar-refractivity contribution in [1.82, 2.24) is 0 Å². The minimum Gasteiger partial charge on any atom is -0.453 e. The van der Waals surface area contributed by atoms with Gasteiger partial charge in [-0.15, -0.1) is 0 Å². The van der Waals surface area contributed by atoms with Gasteiger partial charge in [0.15, 0.2) is 0 Å². The molecule has 19 heavy (non-hydrogen) atoms. The predicted octanol–water partition coefficient (Wildman–Crippen LogP) is 2.06. The highest BCUT2D eigenvalue weighted by atomic mass is 79.9. The zero-order chi connectivity index (χ0) is 13.7. The molecule has 1 aliphatic heterocycles. The maximum Gasteiger partial charge on any atom is 0.339 e. The molecule has 1 N–H and O–H groups in total. The summed E-state index contributed by atoms with van der Waals surface area (Å²) in [6, 6.07) is 7.38. The van der Waals surface area contributed by atoms with Crippen LogP contribution in [-0.4, -0.2) is 31.7 Å². The molecule has 0 amide bonds. The molecule has 1 heterocycles. The third kappa shape index (κ3) is 4.32. The summed E-state index contributed by atoms with van der Waals surface area (Å²) < 4.78 is 6.32. The zero-order valence-electron chi connectivity index (χ0n) is 11.3. The van der Waals surface area contributed by atoms with Crippen LogP contribution in [0.2, 0.25) is 0 Å². The summed E-state index contributed by atoms with van der Waals surface area (Å²) in [7, 11) is 0. The minimum absolute atomic E-state index is 0.0345. The fourth-order valence-electron chi connectivity index (χ4n) is 2.58. The van der Waals surface area contributed by atoms with Crippen LogP contribution in [0.5, 0.6) is 0 Å². The largest absolute Gasteiger partial charge is 0.453 e. The highest BCUT2D eigenvalue weighted by Gasteiger charge is 2.20. The van der Waals surface area contributed by atoms with Crippen molar-refractivity contribution in [1.29, 1.82) is 0 Å². The Bertz CT molecular complexity index is 430. The molecule has 1 unspecified atom stereocenters. The number of halogens is 1. The Morgan fingerprint density at radius 2 is 2.00 bits per heavy atom. The highest BCUT2D eigenvalue weighted by molar-refractivity contribution is 9.10. The lowest BCUT2D eigenvalue weighted by Gasteiger charge is -2.26. The number of benzene rings is 1. The van der Waals surface area contributed by atoms with Gasteiger partial charge in [0.2, 0.25) is 0 Å². The van der Waals surface area contributed by atoms with Gasteiger partial charge in [-0.25, -0.2) is 4.79 Å². The van der Waals surface area contributed by atoms with Crippen LogP contribution in [0.3, 0.4) is 0 Å². The topological polar surface area (TPSA) is 30.7 Å². The number of piperidine rings is 1. The van der Waals surface area contributed by atoms with Crippen molar-refractivity contribution in [2.24, 2.45) is 0 Å². The number of likely N-dealkylation sites (tertiary alicyclic amines) is 1. The van der Waals surface area contributed by atoms with E-state index in [-0.39, 0.29) is 12.1 Å². The van der Waals surface area contributed by atoms with Crippen molar-refractivity contribution >= 4 is 21.9 Å². The van der Waals surface area contributed by atoms with Crippen molar-refractivity contribution in [2.45, 2.75) is 32.3 Å². The molecule has 1 saturated heterocycles. The molecule has 0 aliphatic carbocycles. The molecule has 1 aliphatic rings. The summed E-state index contributed by atoms with van der Waals surface area (Å²) in [5.41, 5.74) is 0.600. The first-order valence-electron chi connectivity index (χ1n) is 6.96. The molecule has 0 spiro atoms. The molecule has 4 heteroatoms. The molecule has 0 radical (unpaired) electrons. The van der Waals surface area contributed by atoms with Crippen molar-refractivity contribution in [3.63, 3.8) is 0 Å². The smallest absolute Gasteiger partial charge is 0.339 e. The molecular formula is C15H21BrNO2+. The lowest BCUT2D eigenvalue weighted by Crippen LogP contribution is -3.13. The molecule has 1 atom stereocenters. The van der Waals surface area contributed by atoms with E-state index in [1.807, 2.05) is 25.1 Å². The molecule has 2 rings (SSSR count). The number of quaternary nitrogens is 1. The van der Waals surface area contributed by atoms with Gasteiger partial charge in [0.25, 0.3) is 0 Å². The minimum atomic E-state index is -0.239. The van der Waals surface area contributed by atoms with E-state index in [1.54, 1.807) is 11.0 Å². The molecule has 3 nitrogen and oxygen atoms in total. The van der Waals surface area contributed by atoms with Gasteiger partial charge in [-0.2, -0.15) is 0 Å². The van der Waals surface area contributed by atoms with E-state index in [9.17, 15) is 4.79 Å². The van der Waals surface area contributed by atoms with E-state index < -0.39 is 0 Å². The van der Waals surface area contributed by atoms with Crippen LogP contribution in [0, 0.1) is 0 Å². The monoisotopic (exact) mass is 326 g/mol. The van der Waals surface area contributed by atoms with Crippen LogP contribution in [0.25, 0.3) is 0 Å². The molecular weight excluding hydrogens is 306 g/mol. The Kier molecular flexibility index (Phi) is 5.40. The average molecular weight is 327 g/mol. The fourth-order valence-corrected chi connectivity index (χ4v) is 3.02. The van der Waals surface area contributed by atoms with Gasteiger partial charge in [0.1, 0.15) is 12.6 Å². The first kappa shape index (κ1) is 14.5. The molecule has 0 bridgehead atoms. The van der Waals surface area contributed by atoms with Crippen LogP contribution < -0.4 is 4.90 Å². The van der Waals surface area contributed by atoms with Gasteiger partial charge in [-0.1, -0.05) is 12.1 Å². The molecule has 1 aromatic rings. The summed E-state index contributed by atoms with van der Waals surface area (Å²) in [6.45, 7) is 5.31. The number of nitrogens with one attached hydrogen (secondary N) is 1. The summed E-state index contributed by atoms with van der Waals surface area (Å²) in [5.74, 6) is -0.239. The summed E-state index contributed by atoms with van der Waals surface area (Å²) in [4.78, 5) is 13.6. The number of hydrogen-bond acceptors (Lipinski definition) is 2. The van der Waals surface area contributed by atoms with E-state index in [1.165, 1.54) is 32.4 Å². The van der Waals surface area contributed by atoms with Gasteiger partial charge < -0.3 is 9.64 Å². The van der Waals surface area contributed by atoms with E-state index in [0.717, 1.165) is 11.0 Å². The van der Waals surface area contributed by atoms with Gasteiger partial charge >= 0.3 is 5.97 Å². The lowest BCUT2D eigenvalue weighted by atomic mass is 10.1. The van der Waals surface area contributed by atoms with Crippen LogP contribution in [0.1, 0.15) is 36.5 Å². The number of ether oxygens (including phenoxy) is 1. The van der Waals surface area contributed by atoms with E-state index >= 15 is 0 Å². The number of hydrogen-bond donors (Lipinski definition) is 1. The van der Waals surface area contributed by atoms with E-state index in [0.29, 0.717) is 5.56 Å². The fraction of sp³-hybridized carbons (Fsp3) is 0.533. The Labute approximate surface area is 123 Å². The van der Waals surface area contributed by atoms with Crippen LogP contribution in [0.15, 0.2) is 28.7 Å². The summed E-state index contributed by atoms with van der Waals surface area (Å²) >= 11 is 3.38. The third-order valence-corrected chi connectivity index (χ3v) is 4.23. The third-order valence-electron chi connectivity index (χ3n) is 3.54. The molecule has 1 aromatic carbocycles. The van der Waals surface area contributed by atoms with E-state index in [4.69, 9.17) is 4.74 Å². The second-order valence-corrected chi connectivity index (χ2v) is 6.06. The van der Waals surface area contributed by atoms with Crippen LogP contribution >= 0.6 is 15.9 Å². The van der Waals surface area contributed by atoms with Crippen molar-refractivity contribution in [3.8, 4) is 0 Å². The maximum absolute atomic E-state index is 12.1. The van der Waals surface area contributed by atoms with Gasteiger partial charge in [0, 0.05) is 4.47 Å². The van der Waals surface area contributed by atoms with Gasteiger partial charge in [0.05, 0.1) is 18.7 Å². The average Bonchev–Trinajstić information content (AvgIpc) is 2.40. The highest BCUT2D eigenvalue weighted by Crippen LogP contribution is 2.17. The summed E-state index contributed by atoms with van der Waals surface area (Å²) in [6.07, 6.45) is 3.89. The molecule has 0 saturated carbocycles. The number of carbonyl (C=O) groups excluding carboxylic acids is 1. The SMILES string of the molecule is CC(C[NH+]1CCCCC1)OC(=O)c1ccccc1Br. The molecule has 0 aromatic heterocycles. The Morgan fingerprint density at radius 3 is 2.68 bits per heavy atom. The number of carbonyl (C=O) groups is 1. The number of esters is 1. The summed E-state index contributed by atoms with van der Waals surface area (Å²) in [5, 5.41) is 0. The molecule has 104 valence electrons. The van der Waals surface area contributed by atoms with Crippen molar-refractivity contribution in [2.75, 3.05) is 19.6 Å². The second kappa shape index (κ2) is 7.06.